The maximum atomic E-state index is 12.1. The van der Waals surface area contributed by atoms with Gasteiger partial charge in [0.1, 0.15) is 0 Å². The molecule has 0 unspecified atom stereocenters. The fourth-order valence-electron chi connectivity index (χ4n) is 2.66. The van der Waals surface area contributed by atoms with Gasteiger partial charge in [0.05, 0.1) is 17.4 Å². The summed E-state index contributed by atoms with van der Waals surface area (Å²) in [4.78, 5) is 14.4. The molecule has 0 aromatic heterocycles. The number of amides is 1. The van der Waals surface area contributed by atoms with E-state index in [2.05, 4.69) is 16.3 Å². The molecule has 1 aromatic carbocycles. The molecular weight excluding hydrogens is 250 g/mol. The molecule has 1 saturated heterocycles. The predicted molar refractivity (Wildman–Crippen MR) is 84.0 cm³/mol. The Kier molecular flexibility index (Phi) is 5.41. The zero-order valence-electron chi connectivity index (χ0n) is 12.3. The molecule has 1 aromatic rings. The summed E-state index contributed by atoms with van der Waals surface area (Å²) in [7, 11) is 0. The van der Waals surface area contributed by atoms with Crippen molar-refractivity contribution in [3.05, 3.63) is 24.3 Å². The summed E-state index contributed by atoms with van der Waals surface area (Å²) in [6.45, 7) is 4.16. The van der Waals surface area contributed by atoms with Crippen LogP contribution >= 0.6 is 0 Å². The van der Waals surface area contributed by atoms with Gasteiger partial charge in [-0.2, -0.15) is 0 Å². The largest absolute Gasteiger partial charge is 0.370 e. The van der Waals surface area contributed by atoms with E-state index in [1.807, 2.05) is 25.1 Å². The molecule has 0 radical (unpaired) electrons. The van der Waals surface area contributed by atoms with Gasteiger partial charge in [-0.1, -0.05) is 25.5 Å². The Morgan fingerprint density at radius 1 is 1.30 bits per heavy atom. The van der Waals surface area contributed by atoms with E-state index in [-0.39, 0.29) is 5.91 Å². The highest BCUT2D eigenvalue weighted by Gasteiger charge is 2.17. The molecule has 4 heteroatoms. The third-order valence-corrected chi connectivity index (χ3v) is 3.80. The zero-order chi connectivity index (χ0) is 14.4. The quantitative estimate of drug-likeness (QED) is 0.868. The summed E-state index contributed by atoms with van der Waals surface area (Å²) in [6.07, 6.45) is 5.38. The number of piperidine rings is 1. The fourth-order valence-corrected chi connectivity index (χ4v) is 2.66. The summed E-state index contributed by atoms with van der Waals surface area (Å²) in [5.41, 5.74) is 7.87. The van der Waals surface area contributed by atoms with Crippen molar-refractivity contribution >= 4 is 17.3 Å². The molecule has 2 rings (SSSR count). The van der Waals surface area contributed by atoms with Crippen LogP contribution in [0.25, 0.3) is 0 Å². The lowest BCUT2D eigenvalue weighted by molar-refractivity contribution is -0.117. The minimum Gasteiger partial charge on any atom is -0.370 e. The fraction of sp³-hybridized carbons (Fsp3) is 0.562. The molecule has 1 heterocycles. The van der Waals surface area contributed by atoms with E-state index in [4.69, 9.17) is 5.73 Å². The Morgan fingerprint density at radius 3 is 2.70 bits per heavy atom. The first-order valence-electron chi connectivity index (χ1n) is 7.62. The van der Waals surface area contributed by atoms with Crippen molar-refractivity contribution in [3.8, 4) is 0 Å². The summed E-state index contributed by atoms with van der Waals surface area (Å²) in [5.74, 6) is -0.0868. The lowest BCUT2D eigenvalue weighted by Crippen LogP contribution is -2.36. The number of carbonyl (C=O) groups is 1. The third kappa shape index (κ3) is 3.73. The molecule has 1 amide bonds. The van der Waals surface area contributed by atoms with Crippen molar-refractivity contribution in [3.63, 3.8) is 0 Å². The maximum Gasteiger partial charge on any atom is 0.241 e. The van der Waals surface area contributed by atoms with Crippen molar-refractivity contribution < 1.29 is 4.79 Å². The van der Waals surface area contributed by atoms with Crippen molar-refractivity contribution in [2.24, 2.45) is 5.73 Å². The molecule has 1 atom stereocenters. The SMILES string of the molecule is CCC[C@@H](N)C(=O)Nc1ccccc1N1CCCCC1. The van der Waals surface area contributed by atoms with Crippen molar-refractivity contribution in [1.82, 2.24) is 0 Å². The van der Waals surface area contributed by atoms with Gasteiger partial charge in [-0.3, -0.25) is 4.79 Å². The number of nitrogens with one attached hydrogen (secondary N) is 1. The predicted octanol–water partition coefficient (Wildman–Crippen LogP) is 2.74. The zero-order valence-corrected chi connectivity index (χ0v) is 12.3. The second kappa shape index (κ2) is 7.29. The lowest BCUT2D eigenvalue weighted by Gasteiger charge is -2.30. The number of para-hydroxylation sites is 2. The first kappa shape index (κ1) is 14.9. The average Bonchev–Trinajstić information content (AvgIpc) is 2.49. The first-order chi connectivity index (χ1) is 9.72. The topological polar surface area (TPSA) is 58.4 Å². The maximum absolute atomic E-state index is 12.1. The number of nitrogens with two attached hydrogens (primary N) is 1. The van der Waals surface area contributed by atoms with Crippen LogP contribution in [-0.2, 0) is 4.79 Å². The highest BCUT2D eigenvalue weighted by atomic mass is 16.2. The van der Waals surface area contributed by atoms with Gasteiger partial charge in [0, 0.05) is 13.1 Å². The van der Waals surface area contributed by atoms with Crippen LogP contribution in [-0.4, -0.2) is 25.0 Å². The third-order valence-electron chi connectivity index (χ3n) is 3.80. The number of anilines is 2. The van der Waals surface area contributed by atoms with Crippen LogP contribution in [0.2, 0.25) is 0 Å². The first-order valence-corrected chi connectivity index (χ1v) is 7.62. The van der Waals surface area contributed by atoms with Crippen LogP contribution in [0.15, 0.2) is 24.3 Å². The Balaban J connectivity index is 2.09. The molecule has 3 N–H and O–H groups in total. The van der Waals surface area contributed by atoms with Gasteiger partial charge in [-0.05, 0) is 37.8 Å². The Bertz CT molecular complexity index is 441. The van der Waals surface area contributed by atoms with E-state index >= 15 is 0 Å². The molecule has 20 heavy (non-hydrogen) atoms. The lowest BCUT2D eigenvalue weighted by atomic mass is 10.1. The van der Waals surface area contributed by atoms with E-state index < -0.39 is 6.04 Å². The minimum absolute atomic E-state index is 0.0868. The summed E-state index contributed by atoms with van der Waals surface area (Å²) in [6, 6.07) is 7.58. The number of hydrogen-bond acceptors (Lipinski definition) is 3. The molecule has 1 aliphatic heterocycles. The van der Waals surface area contributed by atoms with Gasteiger partial charge in [-0.25, -0.2) is 0 Å². The smallest absolute Gasteiger partial charge is 0.241 e. The summed E-state index contributed by atoms with van der Waals surface area (Å²) < 4.78 is 0. The van der Waals surface area contributed by atoms with E-state index in [1.165, 1.54) is 19.3 Å². The molecule has 0 spiro atoms. The highest BCUT2D eigenvalue weighted by Crippen LogP contribution is 2.28. The molecular formula is C16H25N3O. The van der Waals surface area contributed by atoms with Crippen LogP contribution in [0.3, 0.4) is 0 Å². The number of rotatable bonds is 5. The second-order valence-corrected chi connectivity index (χ2v) is 5.45. The standard InChI is InChI=1S/C16H25N3O/c1-2-8-13(17)16(20)18-14-9-4-5-10-15(14)19-11-6-3-7-12-19/h4-5,9-10,13H,2-3,6-8,11-12,17H2,1H3,(H,18,20)/t13-/m1/s1. The molecule has 0 bridgehead atoms. The minimum atomic E-state index is -0.422. The number of nitrogens with zero attached hydrogens (tertiary/aromatic N) is 1. The van der Waals surface area contributed by atoms with E-state index in [1.54, 1.807) is 0 Å². The van der Waals surface area contributed by atoms with Crippen LogP contribution in [0, 0.1) is 0 Å². The van der Waals surface area contributed by atoms with Gasteiger partial charge in [-0.15, -0.1) is 0 Å². The van der Waals surface area contributed by atoms with Crippen LogP contribution in [0.1, 0.15) is 39.0 Å². The van der Waals surface area contributed by atoms with E-state index in [0.717, 1.165) is 37.3 Å². The average molecular weight is 275 g/mol. The van der Waals surface area contributed by atoms with Crippen LogP contribution < -0.4 is 16.0 Å². The Hall–Kier alpha value is -1.55. The number of hydrogen-bond donors (Lipinski definition) is 2. The number of benzene rings is 1. The van der Waals surface area contributed by atoms with Gasteiger partial charge >= 0.3 is 0 Å². The van der Waals surface area contributed by atoms with Crippen molar-refractivity contribution in [1.29, 1.82) is 0 Å². The number of carbonyl (C=O) groups excluding carboxylic acids is 1. The van der Waals surface area contributed by atoms with E-state index in [9.17, 15) is 4.79 Å². The van der Waals surface area contributed by atoms with Crippen LogP contribution in [0.5, 0.6) is 0 Å². The molecule has 110 valence electrons. The highest BCUT2D eigenvalue weighted by molar-refractivity contribution is 5.97. The summed E-state index contributed by atoms with van der Waals surface area (Å²) in [5, 5.41) is 2.99. The van der Waals surface area contributed by atoms with Gasteiger partial charge in [0.2, 0.25) is 5.91 Å². The molecule has 1 fully saturated rings. The monoisotopic (exact) mass is 275 g/mol. The molecule has 0 saturated carbocycles. The second-order valence-electron chi connectivity index (χ2n) is 5.45. The van der Waals surface area contributed by atoms with E-state index in [0.29, 0.717) is 0 Å². The van der Waals surface area contributed by atoms with Gasteiger partial charge in [0.15, 0.2) is 0 Å². The normalized spacial score (nSPS) is 16.8. The molecule has 0 aliphatic carbocycles. The summed E-state index contributed by atoms with van der Waals surface area (Å²) >= 11 is 0. The van der Waals surface area contributed by atoms with Crippen molar-refractivity contribution in [2.75, 3.05) is 23.3 Å². The molecule has 4 nitrogen and oxygen atoms in total. The van der Waals surface area contributed by atoms with Gasteiger partial charge < -0.3 is 16.0 Å². The Labute approximate surface area is 121 Å². The van der Waals surface area contributed by atoms with Crippen LogP contribution in [0.4, 0.5) is 11.4 Å². The van der Waals surface area contributed by atoms with Crippen molar-refractivity contribution in [2.45, 2.75) is 45.1 Å². The molecule has 1 aliphatic rings. The Morgan fingerprint density at radius 2 is 2.00 bits per heavy atom. The van der Waals surface area contributed by atoms with Gasteiger partial charge in [0.25, 0.3) is 0 Å².